The van der Waals surface area contributed by atoms with Gasteiger partial charge >= 0.3 is 0 Å². The van der Waals surface area contributed by atoms with Gasteiger partial charge in [0.25, 0.3) is 0 Å². The number of rotatable bonds is 2. The molecule has 0 aromatic carbocycles. The second-order valence-electron chi connectivity index (χ2n) is 4.04. The van der Waals surface area contributed by atoms with Crippen molar-refractivity contribution >= 4 is 6.29 Å². The molecule has 16 heavy (non-hydrogen) atoms. The summed E-state index contributed by atoms with van der Waals surface area (Å²) in [7, 11) is 1.50. The molecule has 86 valence electrons. The largest absolute Gasteiger partial charge is 0.480 e. The van der Waals surface area contributed by atoms with Crippen LogP contribution in [0, 0.1) is 6.92 Å². The van der Waals surface area contributed by atoms with Crippen LogP contribution in [0.3, 0.4) is 0 Å². The number of hydrogen-bond acceptors (Lipinski definition) is 4. The number of aliphatic hydroxyl groups is 1. The van der Waals surface area contributed by atoms with Crippen molar-refractivity contribution < 1.29 is 14.6 Å². The number of carbonyl (C=O) groups is 1. The summed E-state index contributed by atoms with van der Waals surface area (Å²) in [6.45, 7) is 1.84. The maximum atomic E-state index is 11.1. The summed E-state index contributed by atoms with van der Waals surface area (Å²) in [5.41, 5.74) is 2.96. The fourth-order valence-electron chi connectivity index (χ4n) is 2.37. The number of methoxy groups -OCH3 is 1. The average molecular weight is 221 g/mol. The molecule has 1 atom stereocenters. The summed E-state index contributed by atoms with van der Waals surface area (Å²) in [5, 5.41) is 9.93. The van der Waals surface area contributed by atoms with E-state index in [1.807, 2.05) is 6.92 Å². The second kappa shape index (κ2) is 4.22. The van der Waals surface area contributed by atoms with Crippen molar-refractivity contribution in [2.24, 2.45) is 0 Å². The van der Waals surface area contributed by atoms with E-state index >= 15 is 0 Å². The summed E-state index contributed by atoms with van der Waals surface area (Å²) in [6, 6.07) is 0. The highest BCUT2D eigenvalue weighted by Crippen LogP contribution is 2.35. The fraction of sp³-hybridized carbons (Fsp3) is 0.500. The lowest BCUT2D eigenvalue weighted by molar-refractivity contribution is 0.111. The highest BCUT2D eigenvalue weighted by molar-refractivity contribution is 5.81. The first-order valence-corrected chi connectivity index (χ1v) is 5.39. The van der Waals surface area contributed by atoms with Crippen LogP contribution in [0.15, 0.2) is 0 Å². The van der Waals surface area contributed by atoms with Crippen LogP contribution < -0.4 is 4.74 Å². The van der Waals surface area contributed by atoms with E-state index in [0.29, 0.717) is 11.4 Å². The van der Waals surface area contributed by atoms with Gasteiger partial charge in [-0.2, -0.15) is 0 Å². The molecule has 0 saturated heterocycles. The predicted octanol–water partition coefficient (Wildman–Crippen LogP) is 1.58. The fourth-order valence-corrected chi connectivity index (χ4v) is 2.37. The van der Waals surface area contributed by atoms with Crippen LogP contribution >= 0.6 is 0 Å². The number of carbonyl (C=O) groups excluding carboxylic acids is 1. The standard InChI is InChI=1S/C12H15NO3/c1-7-11-8(4-3-5-10(11)15)9(6-14)12(13-7)16-2/h6,10,15H,3-5H2,1-2H3. The van der Waals surface area contributed by atoms with Gasteiger partial charge in [-0.3, -0.25) is 4.79 Å². The van der Waals surface area contributed by atoms with Crippen LogP contribution in [-0.4, -0.2) is 23.5 Å². The van der Waals surface area contributed by atoms with Gasteiger partial charge in [-0.1, -0.05) is 0 Å². The molecule has 0 fully saturated rings. The number of nitrogens with zero attached hydrogens (tertiary/aromatic N) is 1. The molecule has 1 heterocycles. The monoisotopic (exact) mass is 221 g/mol. The highest BCUT2D eigenvalue weighted by atomic mass is 16.5. The molecule has 4 nitrogen and oxygen atoms in total. The molecule has 0 radical (unpaired) electrons. The first-order chi connectivity index (χ1) is 7.69. The van der Waals surface area contributed by atoms with Crippen molar-refractivity contribution in [1.29, 1.82) is 0 Å². The van der Waals surface area contributed by atoms with Gasteiger partial charge in [0.2, 0.25) is 5.88 Å². The van der Waals surface area contributed by atoms with E-state index in [2.05, 4.69) is 4.98 Å². The smallest absolute Gasteiger partial charge is 0.224 e. The Morgan fingerprint density at radius 1 is 1.56 bits per heavy atom. The Kier molecular flexibility index (Phi) is 2.92. The molecule has 0 amide bonds. The first kappa shape index (κ1) is 11.1. The van der Waals surface area contributed by atoms with Gasteiger partial charge < -0.3 is 9.84 Å². The van der Waals surface area contributed by atoms with Crippen LogP contribution in [0.2, 0.25) is 0 Å². The van der Waals surface area contributed by atoms with Crippen LogP contribution in [-0.2, 0) is 6.42 Å². The molecule has 1 aromatic rings. The van der Waals surface area contributed by atoms with E-state index in [1.54, 1.807) is 0 Å². The quantitative estimate of drug-likeness (QED) is 0.770. The predicted molar refractivity (Wildman–Crippen MR) is 58.8 cm³/mol. The number of aldehydes is 1. The lowest BCUT2D eigenvalue weighted by Crippen LogP contribution is -2.16. The Labute approximate surface area is 94.3 Å². The Morgan fingerprint density at radius 2 is 2.31 bits per heavy atom. The Hall–Kier alpha value is -1.42. The van der Waals surface area contributed by atoms with Crippen molar-refractivity contribution in [2.75, 3.05) is 7.11 Å². The topological polar surface area (TPSA) is 59.4 Å². The lowest BCUT2D eigenvalue weighted by Gasteiger charge is -2.24. The number of fused-ring (bicyclic) bond motifs is 1. The molecule has 0 spiro atoms. The number of hydrogen-bond donors (Lipinski definition) is 1. The van der Waals surface area contributed by atoms with E-state index < -0.39 is 6.10 Å². The maximum Gasteiger partial charge on any atom is 0.224 e. The van der Waals surface area contributed by atoms with E-state index in [1.165, 1.54) is 7.11 Å². The van der Waals surface area contributed by atoms with Crippen molar-refractivity contribution in [3.63, 3.8) is 0 Å². The van der Waals surface area contributed by atoms with Crippen LogP contribution in [0.4, 0.5) is 0 Å². The second-order valence-corrected chi connectivity index (χ2v) is 4.04. The summed E-state index contributed by atoms with van der Waals surface area (Å²) in [5.74, 6) is 0.361. The molecular formula is C12H15NO3. The van der Waals surface area contributed by atoms with Gasteiger partial charge in [-0.05, 0) is 31.7 Å². The number of pyridine rings is 1. The highest BCUT2D eigenvalue weighted by Gasteiger charge is 2.25. The van der Waals surface area contributed by atoms with E-state index in [9.17, 15) is 9.90 Å². The summed E-state index contributed by atoms with van der Waals surface area (Å²) < 4.78 is 5.09. The van der Waals surface area contributed by atoms with E-state index in [-0.39, 0.29) is 0 Å². The molecule has 1 aliphatic rings. The van der Waals surface area contributed by atoms with Crippen LogP contribution in [0.5, 0.6) is 5.88 Å². The van der Waals surface area contributed by atoms with Crippen molar-refractivity contribution in [1.82, 2.24) is 4.98 Å². The average Bonchev–Trinajstić information content (AvgIpc) is 2.28. The lowest BCUT2D eigenvalue weighted by atomic mass is 9.86. The number of aromatic nitrogens is 1. The molecule has 1 aromatic heterocycles. The van der Waals surface area contributed by atoms with Gasteiger partial charge in [0, 0.05) is 11.3 Å². The molecule has 2 rings (SSSR count). The van der Waals surface area contributed by atoms with Gasteiger partial charge in [0.15, 0.2) is 6.29 Å². The normalized spacial score (nSPS) is 19.1. The molecule has 0 aliphatic heterocycles. The molecule has 0 saturated carbocycles. The van der Waals surface area contributed by atoms with Gasteiger partial charge in [-0.25, -0.2) is 4.98 Å². The van der Waals surface area contributed by atoms with Crippen molar-refractivity contribution in [3.05, 3.63) is 22.4 Å². The molecule has 1 N–H and O–H groups in total. The third-order valence-corrected chi connectivity index (χ3v) is 3.09. The molecule has 1 aliphatic carbocycles. The Balaban J connectivity index is 2.68. The molecular weight excluding hydrogens is 206 g/mol. The number of aliphatic hydroxyl groups excluding tert-OH is 1. The summed E-state index contributed by atoms with van der Waals surface area (Å²) in [4.78, 5) is 15.3. The summed E-state index contributed by atoms with van der Waals surface area (Å²) in [6.07, 6.45) is 2.70. The van der Waals surface area contributed by atoms with E-state index in [0.717, 1.165) is 42.4 Å². The van der Waals surface area contributed by atoms with Crippen LogP contribution in [0.25, 0.3) is 0 Å². The molecule has 4 heteroatoms. The molecule has 0 bridgehead atoms. The van der Waals surface area contributed by atoms with Gasteiger partial charge in [0.05, 0.1) is 18.8 Å². The molecule has 1 unspecified atom stereocenters. The van der Waals surface area contributed by atoms with Crippen molar-refractivity contribution in [3.8, 4) is 5.88 Å². The van der Waals surface area contributed by atoms with E-state index in [4.69, 9.17) is 4.74 Å². The number of aryl methyl sites for hydroxylation is 1. The Bertz CT molecular complexity index is 429. The third kappa shape index (κ3) is 1.59. The summed E-state index contributed by atoms with van der Waals surface area (Å²) >= 11 is 0. The first-order valence-electron chi connectivity index (χ1n) is 5.39. The minimum Gasteiger partial charge on any atom is -0.480 e. The zero-order valence-corrected chi connectivity index (χ0v) is 9.49. The maximum absolute atomic E-state index is 11.1. The zero-order chi connectivity index (χ0) is 11.7. The van der Waals surface area contributed by atoms with Gasteiger partial charge in [0.1, 0.15) is 0 Å². The Morgan fingerprint density at radius 3 is 2.94 bits per heavy atom. The number of ether oxygens (including phenoxy) is 1. The SMILES string of the molecule is COc1nc(C)c2c(c1C=O)CCCC2O. The van der Waals surface area contributed by atoms with Crippen molar-refractivity contribution in [2.45, 2.75) is 32.3 Å². The minimum absolute atomic E-state index is 0.361. The zero-order valence-electron chi connectivity index (χ0n) is 9.49. The van der Waals surface area contributed by atoms with Crippen LogP contribution in [0.1, 0.15) is 46.1 Å². The third-order valence-electron chi connectivity index (χ3n) is 3.09. The van der Waals surface area contributed by atoms with Gasteiger partial charge in [-0.15, -0.1) is 0 Å². The minimum atomic E-state index is -0.499.